The van der Waals surface area contributed by atoms with Crippen LogP contribution in [0.4, 0.5) is 5.69 Å². The average Bonchev–Trinajstić information content (AvgIpc) is 2.88. The van der Waals surface area contributed by atoms with Gasteiger partial charge >= 0.3 is 5.97 Å². The van der Waals surface area contributed by atoms with Gasteiger partial charge in [0, 0.05) is 34.8 Å². The number of fused-ring (bicyclic) bond motifs is 1. The Bertz CT molecular complexity index is 644. The van der Waals surface area contributed by atoms with Crippen LogP contribution in [0.5, 0.6) is 0 Å². The fraction of sp³-hybridized carbons (Fsp3) is 0.286. The maximum absolute atomic E-state index is 11.0. The van der Waals surface area contributed by atoms with Crippen LogP contribution in [0.1, 0.15) is 6.42 Å². The largest absolute Gasteiger partial charge is 0.481 e. The molecule has 0 aliphatic carbocycles. The summed E-state index contributed by atoms with van der Waals surface area (Å²) in [6.07, 6.45) is 2.48. The van der Waals surface area contributed by atoms with Crippen molar-refractivity contribution >= 4 is 38.5 Å². The lowest BCUT2D eigenvalue weighted by Crippen LogP contribution is -2.22. The average molecular weight is 321 g/mol. The molecular weight excluding hydrogens is 308 g/mol. The van der Waals surface area contributed by atoms with Crippen molar-refractivity contribution < 1.29 is 9.90 Å². The van der Waals surface area contributed by atoms with E-state index in [0.717, 1.165) is 27.6 Å². The molecule has 0 spiro atoms. The zero-order chi connectivity index (χ0) is 13.4. The number of benzene rings is 1. The summed E-state index contributed by atoms with van der Waals surface area (Å²) in [6.45, 7) is 1.35. The molecule has 1 unspecified atom stereocenters. The Labute approximate surface area is 119 Å². The molecule has 1 aromatic heterocycles. The summed E-state index contributed by atoms with van der Waals surface area (Å²) in [7, 11) is 0. The molecule has 1 saturated heterocycles. The molecule has 2 aromatic rings. The van der Waals surface area contributed by atoms with Crippen LogP contribution in [0.3, 0.4) is 0 Å². The highest BCUT2D eigenvalue weighted by atomic mass is 79.9. The Balaban J connectivity index is 2.02. The fourth-order valence-corrected chi connectivity index (χ4v) is 3.05. The van der Waals surface area contributed by atoms with Crippen molar-refractivity contribution in [3.05, 3.63) is 34.9 Å². The van der Waals surface area contributed by atoms with Gasteiger partial charge in [-0.1, -0.05) is 12.1 Å². The highest BCUT2D eigenvalue weighted by molar-refractivity contribution is 9.10. The Morgan fingerprint density at radius 3 is 3.00 bits per heavy atom. The molecule has 1 aliphatic heterocycles. The Kier molecular flexibility index (Phi) is 3.14. The lowest BCUT2D eigenvalue weighted by Gasteiger charge is -2.20. The van der Waals surface area contributed by atoms with E-state index in [9.17, 15) is 4.79 Å². The molecule has 1 atom stereocenters. The summed E-state index contributed by atoms with van der Waals surface area (Å²) in [5, 5.41) is 10.1. The van der Waals surface area contributed by atoms with Crippen molar-refractivity contribution in [1.82, 2.24) is 4.98 Å². The van der Waals surface area contributed by atoms with Crippen LogP contribution in [0.2, 0.25) is 0 Å². The molecule has 19 heavy (non-hydrogen) atoms. The number of hydrogen-bond donors (Lipinski definition) is 1. The minimum atomic E-state index is -0.706. The summed E-state index contributed by atoms with van der Waals surface area (Å²) >= 11 is 3.50. The van der Waals surface area contributed by atoms with Crippen LogP contribution < -0.4 is 4.90 Å². The fourth-order valence-electron chi connectivity index (χ4n) is 2.58. The number of aromatic nitrogens is 1. The molecule has 98 valence electrons. The number of carbonyl (C=O) groups is 1. The van der Waals surface area contributed by atoms with Crippen molar-refractivity contribution in [3.63, 3.8) is 0 Å². The normalized spacial score (nSPS) is 19.0. The molecular formula is C14H13BrN2O2. The second-order valence-electron chi connectivity index (χ2n) is 4.74. The predicted octanol–water partition coefficient (Wildman–Crippen LogP) is 2.91. The lowest BCUT2D eigenvalue weighted by molar-refractivity contribution is -0.140. The number of para-hydroxylation sites is 1. The van der Waals surface area contributed by atoms with E-state index >= 15 is 0 Å². The molecule has 1 fully saturated rings. The van der Waals surface area contributed by atoms with Gasteiger partial charge in [-0.05, 0) is 34.5 Å². The highest BCUT2D eigenvalue weighted by Crippen LogP contribution is 2.32. The van der Waals surface area contributed by atoms with E-state index in [-0.39, 0.29) is 5.92 Å². The first kappa shape index (κ1) is 12.4. The number of halogens is 1. The monoisotopic (exact) mass is 320 g/mol. The summed E-state index contributed by atoms with van der Waals surface area (Å²) in [5.74, 6) is -0.975. The van der Waals surface area contributed by atoms with Gasteiger partial charge in [0.15, 0.2) is 0 Å². The molecule has 5 heteroatoms. The molecule has 4 nitrogen and oxygen atoms in total. The van der Waals surface area contributed by atoms with E-state index < -0.39 is 5.97 Å². The zero-order valence-electron chi connectivity index (χ0n) is 10.2. The molecule has 0 saturated carbocycles. The van der Waals surface area contributed by atoms with Crippen molar-refractivity contribution in [2.75, 3.05) is 18.0 Å². The van der Waals surface area contributed by atoms with E-state index in [4.69, 9.17) is 5.11 Å². The summed E-state index contributed by atoms with van der Waals surface area (Å²) in [4.78, 5) is 17.6. The number of carboxylic acids is 1. The third-order valence-corrected chi connectivity index (χ3v) is 4.22. The maximum atomic E-state index is 11.0. The Hall–Kier alpha value is -1.62. The molecule has 0 radical (unpaired) electrons. The van der Waals surface area contributed by atoms with E-state index in [1.165, 1.54) is 0 Å². The van der Waals surface area contributed by atoms with Crippen LogP contribution in [-0.4, -0.2) is 29.1 Å². The summed E-state index contributed by atoms with van der Waals surface area (Å²) in [5.41, 5.74) is 1.98. The number of rotatable bonds is 2. The van der Waals surface area contributed by atoms with Crippen LogP contribution in [-0.2, 0) is 4.79 Å². The molecule has 0 bridgehead atoms. The van der Waals surface area contributed by atoms with Gasteiger partial charge < -0.3 is 10.0 Å². The van der Waals surface area contributed by atoms with Gasteiger partial charge in [0.2, 0.25) is 0 Å². The Morgan fingerprint density at radius 2 is 2.26 bits per heavy atom. The molecule has 1 aliphatic rings. The summed E-state index contributed by atoms with van der Waals surface area (Å²) in [6, 6.07) is 7.92. The highest BCUT2D eigenvalue weighted by Gasteiger charge is 2.28. The van der Waals surface area contributed by atoms with E-state index in [0.29, 0.717) is 13.0 Å². The van der Waals surface area contributed by atoms with Gasteiger partial charge in [0.25, 0.3) is 0 Å². The van der Waals surface area contributed by atoms with Crippen molar-refractivity contribution in [1.29, 1.82) is 0 Å². The minimum absolute atomic E-state index is 0.268. The second-order valence-corrected chi connectivity index (χ2v) is 5.59. The standard InChI is InChI=1S/C14H13BrN2O2/c15-11-3-1-2-10-12(4-6-16-13(10)11)17-7-5-9(8-17)14(18)19/h1-4,6,9H,5,7-8H2,(H,18,19). The second kappa shape index (κ2) is 4.81. The first-order valence-electron chi connectivity index (χ1n) is 6.18. The lowest BCUT2D eigenvalue weighted by atomic mass is 10.1. The van der Waals surface area contributed by atoms with Crippen molar-refractivity contribution in [2.24, 2.45) is 5.92 Å². The topological polar surface area (TPSA) is 53.4 Å². The van der Waals surface area contributed by atoms with E-state index in [1.54, 1.807) is 6.20 Å². The SMILES string of the molecule is O=C(O)C1CCN(c2ccnc3c(Br)cccc23)C1. The number of anilines is 1. The van der Waals surface area contributed by atoms with Crippen LogP contribution in [0.15, 0.2) is 34.9 Å². The van der Waals surface area contributed by atoms with Crippen molar-refractivity contribution in [2.45, 2.75) is 6.42 Å². The molecule has 1 N–H and O–H groups in total. The number of pyridine rings is 1. The Morgan fingerprint density at radius 1 is 1.42 bits per heavy atom. The van der Waals surface area contributed by atoms with Gasteiger partial charge in [-0.2, -0.15) is 0 Å². The maximum Gasteiger partial charge on any atom is 0.308 e. The van der Waals surface area contributed by atoms with Gasteiger partial charge in [-0.15, -0.1) is 0 Å². The van der Waals surface area contributed by atoms with Crippen molar-refractivity contribution in [3.8, 4) is 0 Å². The predicted molar refractivity (Wildman–Crippen MR) is 77.4 cm³/mol. The smallest absolute Gasteiger partial charge is 0.308 e. The molecule has 0 amide bonds. The molecule has 2 heterocycles. The number of carboxylic acid groups (broad SMARTS) is 1. The van der Waals surface area contributed by atoms with Gasteiger partial charge in [0.1, 0.15) is 0 Å². The zero-order valence-corrected chi connectivity index (χ0v) is 11.8. The number of nitrogens with zero attached hydrogens (tertiary/aromatic N) is 2. The summed E-state index contributed by atoms with van der Waals surface area (Å²) < 4.78 is 0.959. The first-order chi connectivity index (χ1) is 9.16. The van der Waals surface area contributed by atoms with Crippen LogP contribution in [0, 0.1) is 5.92 Å². The third-order valence-electron chi connectivity index (χ3n) is 3.58. The van der Waals surface area contributed by atoms with Gasteiger partial charge in [0.05, 0.1) is 11.4 Å². The minimum Gasteiger partial charge on any atom is -0.481 e. The van der Waals surface area contributed by atoms with Crippen LogP contribution in [0.25, 0.3) is 10.9 Å². The molecule has 3 rings (SSSR count). The van der Waals surface area contributed by atoms with Crippen LogP contribution >= 0.6 is 15.9 Å². The number of hydrogen-bond acceptors (Lipinski definition) is 3. The van der Waals surface area contributed by atoms with Gasteiger partial charge in [-0.3, -0.25) is 9.78 Å². The third kappa shape index (κ3) is 2.18. The van der Waals surface area contributed by atoms with Gasteiger partial charge in [-0.25, -0.2) is 0 Å². The number of aliphatic carboxylic acids is 1. The molecule has 1 aromatic carbocycles. The quantitative estimate of drug-likeness (QED) is 0.924. The van der Waals surface area contributed by atoms with E-state index in [2.05, 4.69) is 25.8 Å². The first-order valence-corrected chi connectivity index (χ1v) is 6.97. The van der Waals surface area contributed by atoms with E-state index in [1.807, 2.05) is 24.3 Å².